The third kappa shape index (κ3) is 8.50. The zero-order valence-corrected chi connectivity index (χ0v) is 10.8. The lowest BCUT2D eigenvalue weighted by Gasteiger charge is -1.99. The molecule has 0 bridgehead atoms. The van der Waals surface area contributed by atoms with Crippen molar-refractivity contribution in [1.29, 1.82) is 0 Å². The van der Waals surface area contributed by atoms with E-state index in [1.54, 1.807) is 13.0 Å². The van der Waals surface area contributed by atoms with Crippen LogP contribution in [-0.2, 0) is 19.4 Å². The van der Waals surface area contributed by atoms with E-state index in [4.69, 9.17) is 0 Å². The molecule has 0 amide bonds. The molecule has 4 nitrogen and oxygen atoms in total. The fraction of sp³-hybridized carbons (Fsp3) is 0.667. The normalized spacial score (nSPS) is 12.6. The molecule has 0 rings (SSSR count). The maximum atomic E-state index is 10.9. The molecule has 0 saturated carbocycles. The summed E-state index contributed by atoms with van der Waals surface area (Å²) < 4.78 is 26.1. The van der Waals surface area contributed by atoms with Crippen molar-refractivity contribution in [3.63, 3.8) is 0 Å². The Hall–Kier alpha value is -0.490. The van der Waals surface area contributed by atoms with Crippen LogP contribution in [0.2, 0.25) is 0 Å². The first-order valence-corrected chi connectivity index (χ1v) is 7.59. The zero-order chi connectivity index (χ0) is 11.9. The highest BCUT2D eigenvalue weighted by molar-refractivity contribution is 8.00. The van der Waals surface area contributed by atoms with E-state index in [0.717, 1.165) is 0 Å². The van der Waals surface area contributed by atoms with Gasteiger partial charge in [-0.05, 0) is 6.92 Å². The lowest BCUT2D eigenvalue weighted by molar-refractivity contribution is -0.136. The Balaban J connectivity index is 3.75. The summed E-state index contributed by atoms with van der Waals surface area (Å²) in [6.07, 6.45) is 2.95. The van der Waals surface area contributed by atoms with Gasteiger partial charge in [-0.3, -0.25) is 0 Å². The zero-order valence-electron chi connectivity index (χ0n) is 9.15. The molecule has 0 heterocycles. The molecule has 6 heteroatoms. The van der Waals surface area contributed by atoms with Crippen LogP contribution in [-0.4, -0.2) is 45.0 Å². The van der Waals surface area contributed by atoms with Crippen molar-refractivity contribution in [2.24, 2.45) is 0 Å². The number of hydrogen-bond acceptors (Lipinski definition) is 5. The fourth-order valence-electron chi connectivity index (χ4n) is 0.722. The Kier molecular flexibility index (Phi) is 6.67. The summed E-state index contributed by atoms with van der Waals surface area (Å²) in [7, 11) is -1.55. The van der Waals surface area contributed by atoms with E-state index >= 15 is 0 Å². The van der Waals surface area contributed by atoms with Gasteiger partial charge in [0.2, 0.25) is 0 Å². The van der Waals surface area contributed by atoms with Crippen LogP contribution in [0, 0.1) is 0 Å². The van der Waals surface area contributed by atoms with Crippen LogP contribution in [0.3, 0.4) is 0 Å². The molecule has 15 heavy (non-hydrogen) atoms. The second kappa shape index (κ2) is 6.90. The number of thioether (sulfide) groups is 1. The predicted octanol–water partition coefficient (Wildman–Crippen LogP) is 0.883. The number of carbonyl (C=O) groups is 1. The molecule has 0 aliphatic carbocycles. The van der Waals surface area contributed by atoms with Gasteiger partial charge in [-0.15, -0.1) is 0 Å². The largest absolute Gasteiger partial charge is 0.466 e. The standard InChI is InChI=1S/C9H16O4S2/c1-8(9(10)13-2)4-5-14-6-7-15(3,11)12/h4H,5-7H2,1-3H3. The number of sulfone groups is 1. The van der Waals surface area contributed by atoms with Gasteiger partial charge in [0.15, 0.2) is 0 Å². The monoisotopic (exact) mass is 252 g/mol. The summed E-state index contributed by atoms with van der Waals surface area (Å²) in [6, 6.07) is 0. The topological polar surface area (TPSA) is 60.4 Å². The van der Waals surface area contributed by atoms with E-state index in [-0.39, 0.29) is 11.7 Å². The molecule has 0 aliphatic heterocycles. The van der Waals surface area contributed by atoms with Crippen LogP contribution in [0.1, 0.15) is 6.92 Å². The fourth-order valence-corrected chi connectivity index (χ4v) is 2.94. The van der Waals surface area contributed by atoms with Crippen molar-refractivity contribution in [1.82, 2.24) is 0 Å². The Bertz CT molecular complexity index is 330. The molecule has 0 aromatic rings. The minimum absolute atomic E-state index is 0.169. The van der Waals surface area contributed by atoms with Crippen molar-refractivity contribution in [2.75, 3.05) is 30.6 Å². The first-order valence-electron chi connectivity index (χ1n) is 4.37. The van der Waals surface area contributed by atoms with Crippen molar-refractivity contribution < 1.29 is 17.9 Å². The van der Waals surface area contributed by atoms with Crippen molar-refractivity contribution in [3.05, 3.63) is 11.6 Å². The first-order chi connectivity index (χ1) is 6.87. The molecule has 0 radical (unpaired) electrons. The molecule has 0 fully saturated rings. The maximum Gasteiger partial charge on any atom is 0.333 e. The maximum absolute atomic E-state index is 10.9. The molecular formula is C9H16O4S2. The molecule has 0 N–H and O–H groups in total. The third-order valence-electron chi connectivity index (χ3n) is 1.61. The molecular weight excluding hydrogens is 236 g/mol. The van der Waals surface area contributed by atoms with Crippen molar-refractivity contribution in [2.45, 2.75) is 6.92 Å². The van der Waals surface area contributed by atoms with Crippen LogP contribution < -0.4 is 0 Å². The van der Waals surface area contributed by atoms with Crippen LogP contribution in [0.25, 0.3) is 0 Å². The van der Waals surface area contributed by atoms with E-state index in [1.807, 2.05) is 0 Å². The number of hydrogen-bond donors (Lipinski definition) is 0. The molecule has 0 spiro atoms. The number of carbonyl (C=O) groups excluding carboxylic acids is 1. The quantitative estimate of drug-likeness (QED) is 0.399. The highest BCUT2D eigenvalue weighted by Crippen LogP contribution is 2.04. The Morgan fingerprint density at radius 1 is 1.47 bits per heavy atom. The Morgan fingerprint density at radius 3 is 2.53 bits per heavy atom. The van der Waals surface area contributed by atoms with Gasteiger partial charge >= 0.3 is 5.97 Å². The Labute approximate surface area is 95.0 Å². The highest BCUT2D eigenvalue weighted by Gasteiger charge is 2.03. The summed E-state index contributed by atoms with van der Waals surface area (Å²) in [6.45, 7) is 1.67. The second-order valence-corrected chi connectivity index (χ2v) is 6.49. The average Bonchev–Trinajstić information content (AvgIpc) is 2.14. The van der Waals surface area contributed by atoms with Crippen molar-refractivity contribution in [3.8, 4) is 0 Å². The number of ether oxygens (including phenoxy) is 1. The van der Waals surface area contributed by atoms with Gasteiger partial charge in [-0.1, -0.05) is 6.08 Å². The molecule has 0 atom stereocenters. The van der Waals surface area contributed by atoms with E-state index in [2.05, 4.69) is 4.74 Å². The molecule has 0 unspecified atom stereocenters. The van der Waals surface area contributed by atoms with E-state index in [0.29, 0.717) is 17.1 Å². The van der Waals surface area contributed by atoms with Crippen molar-refractivity contribution >= 4 is 27.6 Å². The number of methoxy groups -OCH3 is 1. The molecule has 0 aromatic carbocycles. The lowest BCUT2D eigenvalue weighted by atomic mass is 10.3. The summed E-state index contributed by atoms with van der Waals surface area (Å²) in [5, 5.41) is 0. The minimum atomic E-state index is -2.88. The second-order valence-electron chi connectivity index (χ2n) is 3.08. The van der Waals surface area contributed by atoms with E-state index in [1.165, 1.54) is 25.1 Å². The van der Waals surface area contributed by atoms with E-state index in [9.17, 15) is 13.2 Å². The molecule has 0 aliphatic rings. The van der Waals surface area contributed by atoms with Gasteiger partial charge in [0, 0.05) is 23.3 Å². The van der Waals surface area contributed by atoms with Crippen LogP contribution in [0.5, 0.6) is 0 Å². The van der Waals surface area contributed by atoms with Crippen LogP contribution in [0.4, 0.5) is 0 Å². The average molecular weight is 252 g/mol. The first kappa shape index (κ1) is 14.5. The highest BCUT2D eigenvalue weighted by atomic mass is 32.2. The van der Waals surface area contributed by atoms with Gasteiger partial charge in [-0.25, -0.2) is 13.2 Å². The molecule has 0 aromatic heterocycles. The van der Waals surface area contributed by atoms with Crippen LogP contribution in [0.15, 0.2) is 11.6 Å². The molecule has 88 valence electrons. The third-order valence-corrected chi connectivity index (χ3v) is 3.71. The van der Waals surface area contributed by atoms with E-state index < -0.39 is 9.84 Å². The van der Waals surface area contributed by atoms with Gasteiger partial charge in [0.1, 0.15) is 9.84 Å². The predicted molar refractivity (Wildman–Crippen MR) is 62.8 cm³/mol. The van der Waals surface area contributed by atoms with Gasteiger partial charge < -0.3 is 4.74 Å². The SMILES string of the molecule is COC(=O)C(C)=CCSCCS(C)(=O)=O. The lowest BCUT2D eigenvalue weighted by Crippen LogP contribution is -2.05. The summed E-state index contributed by atoms with van der Waals surface area (Å²) in [4.78, 5) is 10.9. The van der Waals surface area contributed by atoms with Gasteiger partial charge in [-0.2, -0.15) is 11.8 Å². The smallest absolute Gasteiger partial charge is 0.333 e. The van der Waals surface area contributed by atoms with Crippen LogP contribution >= 0.6 is 11.8 Å². The minimum Gasteiger partial charge on any atom is -0.466 e. The number of esters is 1. The summed E-state index contributed by atoms with van der Waals surface area (Å²) >= 11 is 1.47. The Morgan fingerprint density at radius 2 is 2.07 bits per heavy atom. The van der Waals surface area contributed by atoms with Gasteiger partial charge in [0.25, 0.3) is 0 Å². The van der Waals surface area contributed by atoms with Gasteiger partial charge in [0.05, 0.1) is 12.9 Å². The summed E-state index contributed by atoms with van der Waals surface area (Å²) in [5.74, 6) is 0.988. The number of rotatable bonds is 6. The summed E-state index contributed by atoms with van der Waals surface area (Å²) in [5.41, 5.74) is 0.546. The molecule has 0 saturated heterocycles.